The molecule has 0 bridgehead atoms. The minimum absolute atomic E-state index is 0.000290. The van der Waals surface area contributed by atoms with Crippen molar-refractivity contribution in [2.24, 2.45) is 11.5 Å². The summed E-state index contributed by atoms with van der Waals surface area (Å²) in [4.78, 5) is 32.9. The van der Waals surface area contributed by atoms with E-state index in [2.05, 4.69) is 4.74 Å². The van der Waals surface area contributed by atoms with Crippen molar-refractivity contribution in [2.45, 2.75) is 51.5 Å². The molecule has 0 aromatic rings. The predicted octanol–water partition coefficient (Wildman–Crippen LogP) is 0.229. The first-order valence-corrected chi connectivity index (χ1v) is 5.75. The predicted molar refractivity (Wildman–Crippen MR) is 61.6 cm³/mol. The van der Waals surface area contributed by atoms with E-state index in [0.29, 0.717) is 6.42 Å². The first-order chi connectivity index (χ1) is 7.97. The number of amides is 1. The molecule has 4 N–H and O–H groups in total. The Bertz CT molecular complexity index is 279. The van der Waals surface area contributed by atoms with Crippen LogP contribution in [0.2, 0.25) is 0 Å². The number of nitrogens with two attached hydrogens (primary N) is 2. The van der Waals surface area contributed by atoms with Crippen LogP contribution in [0.5, 0.6) is 0 Å². The highest BCUT2D eigenvalue weighted by molar-refractivity contribution is 5.88. The normalized spacial score (nSPS) is 11.9. The first-order valence-electron chi connectivity index (χ1n) is 5.75. The Morgan fingerprint density at radius 3 is 2.35 bits per heavy atom. The van der Waals surface area contributed by atoms with Crippen LogP contribution < -0.4 is 11.5 Å². The zero-order chi connectivity index (χ0) is 13.3. The molecular formula is C11H20N2O4. The van der Waals surface area contributed by atoms with Gasteiger partial charge in [0.05, 0.1) is 0 Å². The molecule has 0 rings (SSSR count). The van der Waals surface area contributed by atoms with Gasteiger partial charge in [0, 0.05) is 12.8 Å². The van der Waals surface area contributed by atoms with Crippen molar-refractivity contribution < 1.29 is 19.1 Å². The topological polar surface area (TPSA) is 112 Å². The van der Waals surface area contributed by atoms with Crippen molar-refractivity contribution >= 4 is 17.8 Å². The molecule has 1 atom stereocenters. The van der Waals surface area contributed by atoms with Crippen LogP contribution in [0, 0.1) is 0 Å². The van der Waals surface area contributed by atoms with E-state index < -0.39 is 23.9 Å². The first kappa shape index (κ1) is 15.6. The summed E-state index contributed by atoms with van der Waals surface area (Å²) in [5, 5.41) is 0. The molecule has 0 aromatic carbocycles. The molecule has 98 valence electrons. The Balaban J connectivity index is 3.82. The highest BCUT2D eigenvalue weighted by atomic mass is 16.6. The third kappa shape index (κ3) is 8.38. The second kappa shape index (κ2) is 8.69. The van der Waals surface area contributed by atoms with Crippen molar-refractivity contribution in [1.82, 2.24) is 0 Å². The number of ether oxygens (including phenoxy) is 1. The van der Waals surface area contributed by atoms with Crippen molar-refractivity contribution in [3.8, 4) is 0 Å². The van der Waals surface area contributed by atoms with Crippen LogP contribution in [-0.2, 0) is 19.1 Å². The Kier molecular flexibility index (Phi) is 7.96. The average Bonchev–Trinajstić information content (AvgIpc) is 2.26. The lowest BCUT2D eigenvalue weighted by Gasteiger charge is -2.08. The Hall–Kier alpha value is -1.43. The van der Waals surface area contributed by atoms with Crippen LogP contribution >= 0.6 is 0 Å². The maximum atomic E-state index is 11.3. The highest BCUT2D eigenvalue weighted by Gasteiger charge is 2.18. The number of hydrogen-bond donors (Lipinski definition) is 2. The summed E-state index contributed by atoms with van der Waals surface area (Å²) < 4.78 is 4.54. The number of carbonyl (C=O) groups is 3. The molecule has 0 aliphatic rings. The minimum Gasteiger partial charge on any atom is -0.392 e. The molecule has 1 amide bonds. The lowest BCUT2D eigenvalue weighted by molar-refractivity contribution is -0.160. The summed E-state index contributed by atoms with van der Waals surface area (Å²) >= 11 is 0. The smallest absolute Gasteiger partial charge is 0.330 e. The fourth-order valence-electron chi connectivity index (χ4n) is 1.17. The molecule has 0 saturated heterocycles. The Morgan fingerprint density at radius 1 is 1.18 bits per heavy atom. The lowest BCUT2D eigenvalue weighted by atomic mass is 10.1. The molecule has 0 aromatic heterocycles. The third-order valence-electron chi connectivity index (χ3n) is 2.20. The summed E-state index contributed by atoms with van der Waals surface area (Å²) in [5.41, 5.74) is 10.3. The molecule has 6 heteroatoms. The molecule has 0 heterocycles. The summed E-state index contributed by atoms with van der Waals surface area (Å²) in [6, 6.07) is -0.974. The third-order valence-corrected chi connectivity index (χ3v) is 2.20. The molecular weight excluding hydrogens is 224 g/mol. The van der Waals surface area contributed by atoms with E-state index in [1.807, 2.05) is 6.92 Å². The maximum Gasteiger partial charge on any atom is 0.330 e. The second-order valence-electron chi connectivity index (χ2n) is 3.86. The van der Waals surface area contributed by atoms with E-state index in [0.717, 1.165) is 12.8 Å². The van der Waals surface area contributed by atoms with E-state index in [4.69, 9.17) is 11.5 Å². The molecule has 0 fully saturated rings. The maximum absolute atomic E-state index is 11.3. The van der Waals surface area contributed by atoms with E-state index in [1.165, 1.54) is 0 Å². The van der Waals surface area contributed by atoms with Crippen molar-refractivity contribution in [1.29, 1.82) is 0 Å². The van der Waals surface area contributed by atoms with Gasteiger partial charge in [0.1, 0.15) is 6.04 Å². The number of hydrogen-bond acceptors (Lipinski definition) is 5. The zero-order valence-corrected chi connectivity index (χ0v) is 10.1. The monoisotopic (exact) mass is 244 g/mol. The fraction of sp³-hybridized carbons (Fsp3) is 0.727. The van der Waals surface area contributed by atoms with Crippen LogP contribution in [0.15, 0.2) is 0 Å². The van der Waals surface area contributed by atoms with Gasteiger partial charge in [-0.25, -0.2) is 4.79 Å². The van der Waals surface area contributed by atoms with Gasteiger partial charge in [0.15, 0.2) is 0 Å². The van der Waals surface area contributed by atoms with Gasteiger partial charge in [-0.2, -0.15) is 0 Å². The van der Waals surface area contributed by atoms with Gasteiger partial charge >= 0.3 is 11.9 Å². The van der Waals surface area contributed by atoms with Crippen LogP contribution in [0.3, 0.4) is 0 Å². The van der Waals surface area contributed by atoms with Crippen molar-refractivity contribution in [3.05, 3.63) is 0 Å². The van der Waals surface area contributed by atoms with Crippen LogP contribution in [0.25, 0.3) is 0 Å². The number of carbonyl (C=O) groups excluding carboxylic acids is 3. The number of unbranched alkanes of at least 4 members (excludes halogenated alkanes) is 2. The minimum atomic E-state index is -0.974. The van der Waals surface area contributed by atoms with E-state index in [1.54, 1.807) is 0 Å². The molecule has 17 heavy (non-hydrogen) atoms. The summed E-state index contributed by atoms with van der Waals surface area (Å²) in [6.07, 6.45) is 2.90. The fourth-order valence-corrected chi connectivity index (χ4v) is 1.17. The van der Waals surface area contributed by atoms with E-state index in [-0.39, 0.29) is 19.3 Å². The quantitative estimate of drug-likeness (QED) is 0.360. The SMILES string of the molecule is CCCCCC(=O)OC(=O)[C@@H](N)CCC(N)=O. The Labute approximate surface area is 101 Å². The zero-order valence-electron chi connectivity index (χ0n) is 10.1. The largest absolute Gasteiger partial charge is 0.392 e. The van der Waals surface area contributed by atoms with E-state index >= 15 is 0 Å². The van der Waals surface area contributed by atoms with Crippen LogP contribution in [0.1, 0.15) is 45.4 Å². The lowest BCUT2D eigenvalue weighted by Crippen LogP contribution is -2.34. The standard InChI is InChI=1S/C11H20N2O4/c1-2-3-4-5-10(15)17-11(16)8(12)6-7-9(13)14/h8H,2-7,12H2,1H3,(H2,13,14)/t8-/m0/s1. The summed E-state index contributed by atoms with van der Waals surface area (Å²) in [6.45, 7) is 2.01. The average molecular weight is 244 g/mol. The van der Waals surface area contributed by atoms with Gasteiger partial charge in [-0.3, -0.25) is 9.59 Å². The Morgan fingerprint density at radius 2 is 1.82 bits per heavy atom. The highest BCUT2D eigenvalue weighted by Crippen LogP contribution is 2.03. The molecule has 0 aliphatic heterocycles. The van der Waals surface area contributed by atoms with Gasteiger partial charge in [0.2, 0.25) is 5.91 Å². The van der Waals surface area contributed by atoms with Gasteiger partial charge in [0.25, 0.3) is 0 Å². The summed E-state index contributed by atoms with van der Waals surface area (Å²) in [7, 11) is 0. The number of rotatable bonds is 8. The van der Waals surface area contributed by atoms with Crippen molar-refractivity contribution in [2.75, 3.05) is 0 Å². The molecule has 6 nitrogen and oxygen atoms in total. The number of esters is 2. The number of primary amides is 1. The summed E-state index contributed by atoms with van der Waals surface area (Å²) in [5.74, 6) is -1.91. The van der Waals surface area contributed by atoms with Gasteiger partial charge in [-0.1, -0.05) is 19.8 Å². The molecule has 0 spiro atoms. The molecule has 0 aliphatic carbocycles. The van der Waals surface area contributed by atoms with E-state index in [9.17, 15) is 14.4 Å². The molecule has 0 unspecified atom stereocenters. The van der Waals surface area contributed by atoms with Gasteiger partial charge < -0.3 is 16.2 Å². The second-order valence-corrected chi connectivity index (χ2v) is 3.86. The molecule has 0 saturated carbocycles. The van der Waals surface area contributed by atoms with Crippen molar-refractivity contribution in [3.63, 3.8) is 0 Å². The van der Waals surface area contributed by atoms with Gasteiger partial charge in [-0.05, 0) is 12.8 Å². The van der Waals surface area contributed by atoms with Crippen LogP contribution in [-0.4, -0.2) is 23.9 Å². The molecule has 0 radical (unpaired) electrons. The van der Waals surface area contributed by atoms with Crippen LogP contribution in [0.4, 0.5) is 0 Å². The van der Waals surface area contributed by atoms with Gasteiger partial charge in [-0.15, -0.1) is 0 Å².